The molecule has 1 aliphatic heterocycles. The quantitative estimate of drug-likeness (QED) is 0.817. The van der Waals surface area contributed by atoms with Crippen molar-refractivity contribution in [2.24, 2.45) is 0 Å². The minimum absolute atomic E-state index is 0.204. The fraction of sp³-hybridized carbons (Fsp3) is 0.462. The molecular weight excluding hydrogens is 230 g/mol. The minimum atomic E-state index is -0.718. The van der Waals surface area contributed by atoms with E-state index in [1.54, 1.807) is 24.2 Å². The summed E-state index contributed by atoms with van der Waals surface area (Å²) in [6, 6.07) is 3.54. The van der Waals surface area contributed by atoms with Crippen LogP contribution in [0.3, 0.4) is 0 Å². The molecule has 1 aromatic heterocycles. The zero-order chi connectivity index (χ0) is 13.2. The summed E-state index contributed by atoms with van der Waals surface area (Å²) in [5, 5.41) is 2.38. The number of hydrogen-bond acceptors (Lipinski definition) is 3. The second kappa shape index (κ2) is 4.76. The molecule has 3 amide bonds. The number of nitrogens with zero attached hydrogens (tertiary/aromatic N) is 2. The molecule has 2 rings (SSSR count). The van der Waals surface area contributed by atoms with Gasteiger partial charge in [0.1, 0.15) is 5.54 Å². The Balaban J connectivity index is 2.08. The van der Waals surface area contributed by atoms with Gasteiger partial charge in [-0.2, -0.15) is 0 Å². The van der Waals surface area contributed by atoms with E-state index in [9.17, 15) is 9.59 Å². The first kappa shape index (κ1) is 12.5. The Kier molecular flexibility index (Phi) is 3.32. The number of aromatic nitrogens is 1. The van der Waals surface area contributed by atoms with E-state index in [0.717, 1.165) is 12.0 Å². The topological polar surface area (TPSA) is 62.3 Å². The number of carbonyl (C=O) groups is 2. The van der Waals surface area contributed by atoms with E-state index in [0.29, 0.717) is 13.0 Å². The highest BCUT2D eigenvalue weighted by atomic mass is 16.2. The molecule has 1 saturated heterocycles. The predicted molar refractivity (Wildman–Crippen MR) is 66.9 cm³/mol. The highest BCUT2D eigenvalue weighted by molar-refractivity contribution is 6.06. The lowest BCUT2D eigenvalue weighted by atomic mass is 9.97. The maximum absolute atomic E-state index is 11.8. The number of hydrogen-bond donors (Lipinski definition) is 1. The Morgan fingerprint density at radius 1 is 1.33 bits per heavy atom. The maximum Gasteiger partial charge on any atom is 0.325 e. The smallest absolute Gasteiger partial charge is 0.310 e. The number of amides is 3. The Bertz CT molecular complexity index is 461. The fourth-order valence-corrected chi connectivity index (χ4v) is 2.14. The third-order valence-electron chi connectivity index (χ3n) is 3.61. The highest BCUT2D eigenvalue weighted by Gasteiger charge is 2.47. The van der Waals surface area contributed by atoms with Crippen molar-refractivity contribution >= 4 is 11.9 Å². The first-order valence-electron chi connectivity index (χ1n) is 6.10. The summed E-state index contributed by atoms with van der Waals surface area (Å²) < 4.78 is 0. The highest BCUT2D eigenvalue weighted by Crippen LogP contribution is 2.25. The van der Waals surface area contributed by atoms with Crippen LogP contribution in [-0.4, -0.2) is 33.9 Å². The van der Waals surface area contributed by atoms with Gasteiger partial charge in [-0.1, -0.05) is 6.92 Å². The van der Waals surface area contributed by atoms with Gasteiger partial charge in [0.15, 0.2) is 0 Å². The molecule has 2 heterocycles. The van der Waals surface area contributed by atoms with Crippen LogP contribution in [0, 0.1) is 0 Å². The summed E-state index contributed by atoms with van der Waals surface area (Å²) in [6.45, 7) is 4.25. The van der Waals surface area contributed by atoms with Gasteiger partial charge in [0.25, 0.3) is 5.91 Å². The number of urea groups is 1. The number of nitrogens with one attached hydrogen (secondary N) is 1. The molecule has 0 aliphatic carbocycles. The van der Waals surface area contributed by atoms with Crippen molar-refractivity contribution in [3.63, 3.8) is 0 Å². The Labute approximate surface area is 106 Å². The Morgan fingerprint density at radius 2 is 2.00 bits per heavy atom. The monoisotopic (exact) mass is 247 g/mol. The van der Waals surface area contributed by atoms with Crippen LogP contribution in [0.1, 0.15) is 25.8 Å². The van der Waals surface area contributed by atoms with Gasteiger partial charge in [-0.15, -0.1) is 0 Å². The maximum atomic E-state index is 11.8. The lowest BCUT2D eigenvalue weighted by Crippen LogP contribution is -2.47. The average Bonchev–Trinajstić information content (AvgIpc) is 2.60. The van der Waals surface area contributed by atoms with Crippen molar-refractivity contribution in [1.29, 1.82) is 0 Å². The van der Waals surface area contributed by atoms with Crippen LogP contribution in [-0.2, 0) is 11.2 Å². The summed E-state index contributed by atoms with van der Waals surface area (Å²) in [4.78, 5) is 29.1. The standard InChI is InChI=1S/C13H17N3O2/c1-3-13(2)11(17)15-12(18)16(13)9-6-10-4-7-14-8-5-10/h4-5,7-8H,3,6,9H2,1-2H3,(H,15,17,18). The molecule has 1 N–H and O–H groups in total. The molecule has 1 fully saturated rings. The van der Waals surface area contributed by atoms with Crippen molar-refractivity contribution in [3.05, 3.63) is 30.1 Å². The lowest BCUT2D eigenvalue weighted by Gasteiger charge is -2.30. The first-order chi connectivity index (χ1) is 8.58. The van der Waals surface area contributed by atoms with Crippen molar-refractivity contribution in [2.75, 3.05) is 6.54 Å². The Hall–Kier alpha value is -1.91. The number of rotatable bonds is 4. The summed E-state index contributed by atoms with van der Waals surface area (Å²) in [7, 11) is 0. The molecule has 1 unspecified atom stereocenters. The number of carbonyl (C=O) groups excluding carboxylic acids is 2. The molecule has 5 heteroatoms. The molecule has 0 radical (unpaired) electrons. The van der Waals surface area contributed by atoms with Crippen LogP contribution in [0.4, 0.5) is 4.79 Å². The molecular formula is C13H17N3O2. The van der Waals surface area contributed by atoms with E-state index in [2.05, 4.69) is 10.3 Å². The molecule has 18 heavy (non-hydrogen) atoms. The van der Waals surface area contributed by atoms with E-state index in [1.165, 1.54) is 0 Å². The fourth-order valence-electron chi connectivity index (χ4n) is 2.14. The van der Waals surface area contributed by atoms with Crippen molar-refractivity contribution in [1.82, 2.24) is 15.2 Å². The van der Waals surface area contributed by atoms with E-state index in [4.69, 9.17) is 0 Å². The number of pyridine rings is 1. The normalized spacial score (nSPS) is 23.3. The molecule has 1 atom stereocenters. The second-order valence-corrected chi connectivity index (χ2v) is 4.64. The predicted octanol–water partition coefficient (Wildman–Crippen LogP) is 1.34. The van der Waals surface area contributed by atoms with Gasteiger partial charge in [0.05, 0.1) is 0 Å². The molecule has 0 bridgehead atoms. The van der Waals surface area contributed by atoms with Gasteiger partial charge >= 0.3 is 6.03 Å². The van der Waals surface area contributed by atoms with Gasteiger partial charge in [-0.3, -0.25) is 15.1 Å². The van der Waals surface area contributed by atoms with E-state index < -0.39 is 5.54 Å². The van der Waals surface area contributed by atoms with E-state index in [-0.39, 0.29) is 11.9 Å². The summed E-state index contributed by atoms with van der Waals surface area (Å²) in [5.41, 5.74) is 0.389. The summed E-state index contributed by atoms with van der Waals surface area (Å²) >= 11 is 0. The molecule has 5 nitrogen and oxygen atoms in total. The van der Waals surface area contributed by atoms with E-state index >= 15 is 0 Å². The largest absolute Gasteiger partial charge is 0.325 e. The van der Waals surface area contributed by atoms with Crippen LogP contribution in [0.25, 0.3) is 0 Å². The van der Waals surface area contributed by atoms with Crippen molar-refractivity contribution in [2.45, 2.75) is 32.2 Å². The lowest BCUT2D eigenvalue weighted by molar-refractivity contribution is -0.126. The molecule has 0 saturated carbocycles. The van der Waals surface area contributed by atoms with Crippen LogP contribution >= 0.6 is 0 Å². The van der Waals surface area contributed by atoms with Gasteiger partial charge in [-0.25, -0.2) is 4.79 Å². The van der Waals surface area contributed by atoms with Crippen LogP contribution in [0.5, 0.6) is 0 Å². The molecule has 0 aromatic carbocycles. The van der Waals surface area contributed by atoms with Gasteiger partial charge in [0, 0.05) is 18.9 Å². The van der Waals surface area contributed by atoms with Crippen molar-refractivity contribution in [3.8, 4) is 0 Å². The SMILES string of the molecule is CCC1(C)C(=O)NC(=O)N1CCc1ccncc1. The summed E-state index contributed by atoms with van der Waals surface area (Å²) in [5.74, 6) is -0.204. The molecule has 1 aliphatic rings. The molecule has 0 spiro atoms. The number of imide groups is 1. The first-order valence-corrected chi connectivity index (χ1v) is 6.10. The minimum Gasteiger partial charge on any atom is -0.310 e. The van der Waals surface area contributed by atoms with Crippen LogP contribution < -0.4 is 5.32 Å². The average molecular weight is 247 g/mol. The van der Waals surface area contributed by atoms with Gasteiger partial charge < -0.3 is 4.90 Å². The zero-order valence-electron chi connectivity index (χ0n) is 10.6. The third-order valence-corrected chi connectivity index (χ3v) is 3.61. The van der Waals surface area contributed by atoms with Gasteiger partial charge in [0.2, 0.25) is 0 Å². The van der Waals surface area contributed by atoms with E-state index in [1.807, 2.05) is 19.1 Å². The molecule has 1 aromatic rings. The summed E-state index contributed by atoms with van der Waals surface area (Å²) in [6.07, 6.45) is 4.78. The molecule has 96 valence electrons. The van der Waals surface area contributed by atoms with Crippen LogP contribution in [0.15, 0.2) is 24.5 Å². The van der Waals surface area contributed by atoms with Crippen molar-refractivity contribution < 1.29 is 9.59 Å². The Morgan fingerprint density at radius 3 is 2.61 bits per heavy atom. The zero-order valence-corrected chi connectivity index (χ0v) is 10.6. The third kappa shape index (κ3) is 2.08. The van der Waals surface area contributed by atoms with Gasteiger partial charge in [-0.05, 0) is 37.5 Å². The second-order valence-electron chi connectivity index (χ2n) is 4.64. The van der Waals surface area contributed by atoms with Crippen LogP contribution in [0.2, 0.25) is 0 Å².